The molecule has 0 aliphatic rings. The normalized spacial score (nSPS) is 14.1. The van der Waals surface area contributed by atoms with Gasteiger partial charge in [-0.3, -0.25) is 9.69 Å². The second kappa shape index (κ2) is 8.40. The van der Waals surface area contributed by atoms with Crippen molar-refractivity contribution in [3.8, 4) is 0 Å². The van der Waals surface area contributed by atoms with Crippen LogP contribution >= 0.6 is 0 Å². The van der Waals surface area contributed by atoms with Gasteiger partial charge in [-0.05, 0) is 46.6 Å². The highest BCUT2D eigenvalue weighted by atomic mass is 19.4. The first kappa shape index (κ1) is 18.2. The van der Waals surface area contributed by atoms with Crippen LogP contribution in [-0.4, -0.2) is 40.8 Å². The summed E-state index contributed by atoms with van der Waals surface area (Å²) in [5, 5.41) is 8.59. The maximum Gasteiger partial charge on any atom is 0.389 e. The second-order valence-electron chi connectivity index (χ2n) is 5.19. The van der Waals surface area contributed by atoms with Gasteiger partial charge in [0, 0.05) is 24.9 Å². The molecule has 0 bridgehead atoms. The molecule has 0 fully saturated rings. The molecule has 0 heterocycles. The molecule has 6 heteroatoms. The Morgan fingerprint density at radius 3 is 2.21 bits per heavy atom. The first-order valence-corrected chi connectivity index (χ1v) is 6.67. The summed E-state index contributed by atoms with van der Waals surface area (Å²) in [6, 6.07) is 0.242. The van der Waals surface area contributed by atoms with Gasteiger partial charge in [-0.15, -0.1) is 0 Å². The van der Waals surface area contributed by atoms with Crippen LogP contribution in [0.1, 0.15) is 52.9 Å². The molecule has 0 aliphatic carbocycles. The number of alkyl halides is 3. The van der Waals surface area contributed by atoms with Gasteiger partial charge in [0.25, 0.3) is 0 Å². The van der Waals surface area contributed by atoms with Crippen molar-refractivity contribution in [2.75, 3.05) is 6.54 Å². The Bertz CT molecular complexity index is 267. The number of aliphatic carboxylic acids is 1. The third-order valence-electron chi connectivity index (χ3n) is 3.12. The van der Waals surface area contributed by atoms with Crippen molar-refractivity contribution >= 4 is 5.97 Å². The predicted molar refractivity (Wildman–Crippen MR) is 68.1 cm³/mol. The number of halogens is 3. The van der Waals surface area contributed by atoms with Gasteiger partial charge in [-0.1, -0.05) is 0 Å². The Labute approximate surface area is 112 Å². The largest absolute Gasteiger partial charge is 0.481 e. The maximum atomic E-state index is 12.1. The van der Waals surface area contributed by atoms with Gasteiger partial charge < -0.3 is 5.11 Å². The van der Waals surface area contributed by atoms with Crippen molar-refractivity contribution in [3.63, 3.8) is 0 Å². The molecule has 3 nitrogen and oxygen atoms in total. The first-order chi connectivity index (χ1) is 8.63. The molecule has 0 saturated heterocycles. The third-order valence-corrected chi connectivity index (χ3v) is 3.12. The monoisotopic (exact) mass is 283 g/mol. The minimum atomic E-state index is -4.09. The van der Waals surface area contributed by atoms with Gasteiger partial charge in [0.15, 0.2) is 0 Å². The highest BCUT2D eigenvalue weighted by Gasteiger charge is 2.27. The van der Waals surface area contributed by atoms with E-state index in [9.17, 15) is 18.0 Å². The predicted octanol–water partition coefficient (Wildman–Crippen LogP) is 3.68. The number of rotatable bonds is 9. The lowest BCUT2D eigenvalue weighted by molar-refractivity contribution is -0.138. The van der Waals surface area contributed by atoms with Crippen LogP contribution in [0.2, 0.25) is 0 Å². The number of carboxylic acids is 1. The molecule has 0 amide bonds. The van der Waals surface area contributed by atoms with Gasteiger partial charge in [-0.2, -0.15) is 13.2 Å². The highest BCUT2D eigenvalue weighted by molar-refractivity contribution is 5.66. The van der Waals surface area contributed by atoms with E-state index in [1.54, 1.807) is 0 Å². The van der Waals surface area contributed by atoms with Crippen LogP contribution in [0.5, 0.6) is 0 Å². The Morgan fingerprint density at radius 1 is 1.21 bits per heavy atom. The summed E-state index contributed by atoms with van der Waals surface area (Å²) >= 11 is 0. The molecule has 19 heavy (non-hydrogen) atoms. The number of nitrogens with zero attached hydrogens (tertiary/aromatic N) is 1. The molecule has 0 aromatic heterocycles. The summed E-state index contributed by atoms with van der Waals surface area (Å²) in [5.74, 6) is -0.839. The van der Waals surface area contributed by atoms with E-state index in [2.05, 4.69) is 4.90 Å². The standard InChI is InChI=1S/C13H24F3NO2/c1-10(2)17(9-5-7-12(18)19)11(3)6-4-8-13(14,15)16/h10-11H,4-9H2,1-3H3,(H,18,19). The second-order valence-corrected chi connectivity index (χ2v) is 5.19. The smallest absolute Gasteiger partial charge is 0.389 e. The molecule has 0 aromatic rings. The van der Waals surface area contributed by atoms with Crippen LogP contribution in [0.15, 0.2) is 0 Å². The summed E-state index contributed by atoms with van der Waals surface area (Å²) < 4.78 is 36.2. The summed E-state index contributed by atoms with van der Waals surface area (Å²) in [5.41, 5.74) is 0. The highest BCUT2D eigenvalue weighted by Crippen LogP contribution is 2.24. The molecule has 114 valence electrons. The zero-order valence-electron chi connectivity index (χ0n) is 11.8. The van der Waals surface area contributed by atoms with Gasteiger partial charge in [0.05, 0.1) is 0 Å². The summed E-state index contributed by atoms with van der Waals surface area (Å²) in [6.07, 6.45) is -3.63. The van der Waals surface area contributed by atoms with E-state index in [0.717, 1.165) is 0 Å². The molecule has 0 radical (unpaired) electrons. The van der Waals surface area contributed by atoms with Crippen LogP contribution in [0, 0.1) is 0 Å². The number of hydrogen-bond acceptors (Lipinski definition) is 2. The Kier molecular flexibility index (Phi) is 8.06. The molecular formula is C13H24F3NO2. The average molecular weight is 283 g/mol. The van der Waals surface area contributed by atoms with Crippen molar-refractivity contribution in [2.24, 2.45) is 0 Å². The van der Waals surface area contributed by atoms with E-state index < -0.39 is 18.6 Å². The van der Waals surface area contributed by atoms with Crippen LogP contribution in [0.25, 0.3) is 0 Å². The molecule has 0 rings (SSSR count). The SMILES string of the molecule is CC(C)N(CCCC(=O)O)C(C)CCCC(F)(F)F. The van der Waals surface area contributed by atoms with Crippen LogP contribution in [0.3, 0.4) is 0 Å². The van der Waals surface area contributed by atoms with E-state index in [-0.39, 0.29) is 24.9 Å². The van der Waals surface area contributed by atoms with Crippen molar-refractivity contribution in [3.05, 3.63) is 0 Å². The van der Waals surface area contributed by atoms with Gasteiger partial charge in [0.2, 0.25) is 0 Å². The lowest BCUT2D eigenvalue weighted by atomic mass is 10.1. The van der Waals surface area contributed by atoms with Gasteiger partial charge in [0.1, 0.15) is 0 Å². The first-order valence-electron chi connectivity index (χ1n) is 6.67. The quantitative estimate of drug-likeness (QED) is 0.701. The fourth-order valence-corrected chi connectivity index (χ4v) is 2.16. The average Bonchev–Trinajstić information content (AvgIpc) is 2.21. The lowest BCUT2D eigenvalue weighted by Crippen LogP contribution is -2.39. The minimum Gasteiger partial charge on any atom is -0.481 e. The van der Waals surface area contributed by atoms with Crippen molar-refractivity contribution in [2.45, 2.75) is 71.1 Å². The van der Waals surface area contributed by atoms with E-state index in [1.807, 2.05) is 20.8 Å². The van der Waals surface area contributed by atoms with Crippen LogP contribution in [-0.2, 0) is 4.79 Å². The molecule has 0 aliphatic heterocycles. The Hall–Kier alpha value is -0.780. The zero-order chi connectivity index (χ0) is 15.1. The Balaban J connectivity index is 4.11. The fourth-order valence-electron chi connectivity index (χ4n) is 2.16. The van der Waals surface area contributed by atoms with E-state index in [4.69, 9.17) is 5.11 Å². The topological polar surface area (TPSA) is 40.5 Å². The molecule has 1 unspecified atom stereocenters. The van der Waals surface area contributed by atoms with Gasteiger partial charge in [-0.25, -0.2) is 0 Å². The molecule has 1 N–H and O–H groups in total. The summed E-state index contributed by atoms with van der Waals surface area (Å²) in [6.45, 7) is 6.45. The number of hydrogen-bond donors (Lipinski definition) is 1. The molecule has 0 spiro atoms. The Morgan fingerprint density at radius 2 is 1.79 bits per heavy atom. The molecule has 0 saturated carbocycles. The minimum absolute atomic E-state index is 0.0381. The third kappa shape index (κ3) is 9.76. The van der Waals surface area contributed by atoms with E-state index >= 15 is 0 Å². The van der Waals surface area contributed by atoms with Crippen LogP contribution < -0.4 is 0 Å². The zero-order valence-corrected chi connectivity index (χ0v) is 11.8. The molecular weight excluding hydrogens is 259 g/mol. The van der Waals surface area contributed by atoms with E-state index in [1.165, 1.54) is 0 Å². The molecule has 0 aromatic carbocycles. The van der Waals surface area contributed by atoms with E-state index in [0.29, 0.717) is 19.4 Å². The summed E-state index contributed by atoms with van der Waals surface area (Å²) in [7, 11) is 0. The van der Waals surface area contributed by atoms with Crippen molar-refractivity contribution in [1.82, 2.24) is 4.90 Å². The van der Waals surface area contributed by atoms with Crippen molar-refractivity contribution in [1.29, 1.82) is 0 Å². The number of carbonyl (C=O) groups is 1. The fraction of sp³-hybridized carbons (Fsp3) is 0.923. The van der Waals surface area contributed by atoms with Crippen molar-refractivity contribution < 1.29 is 23.1 Å². The lowest BCUT2D eigenvalue weighted by Gasteiger charge is -2.32. The van der Waals surface area contributed by atoms with Crippen LogP contribution in [0.4, 0.5) is 13.2 Å². The van der Waals surface area contributed by atoms with Gasteiger partial charge >= 0.3 is 12.1 Å². The summed E-state index contributed by atoms with van der Waals surface area (Å²) in [4.78, 5) is 12.5. The maximum absolute atomic E-state index is 12.1. The number of carboxylic acid groups (broad SMARTS) is 1. The molecule has 1 atom stereocenters.